The summed E-state index contributed by atoms with van der Waals surface area (Å²) in [6.07, 6.45) is 0. The molecule has 0 amide bonds. The lowest BCUT2D eigenvalue weighted by Gasteiger charge is -2.19. The average Bonchev–Trinajstić information content (AvgIpc) is 3.17. The number of hydrogen-bond donors (Lipinski definition) is 0. The molecule has 0 bridgehead atoms. The molecule has 0 saturated carbocycles. The van der Waals surface area contributed by atoms with Crippen molar-refractivity contribution in [2.75, 3.05) is 0 Å². The van der Waals surface area contributed by atoms with Crippen molar-refractivity contribution in [2.45, 2.75) is 0 Å². The number of fused-ring (bicyclic) bond motifs is 12. The molecule has 10 rings (SSSR count). The summed E-state index contributed by atoms with van der Waals surface area (Å²) in [6, 6.07) is 67.0. The Morgan fingerprint density at radius 3 is 0.729 bits per heavy atom. The van der Waals surface area contributed by atoms with Crippen LogP contribution < -0.4 is 0 Å². The van der Waals surface area contributed by atoms with Crippen LogP contribution in [0.15, 0.2) is 182 Å². The minimum Gasteiger partial charge on any atom is -0.0622 e. The van der Waals surface area contributed by atoms with Crippen LogP contribution in [0.25, 0.3) is 98.0 Å². The Balaban J connectivity index is 1.43. The van der Waals surface area contributed by atoms with Crippen molar-refractivity contribution in [1.29, 1.82) is 0 Å². The first-order chi connectivity index (χ1) is 23.8. The van der Waals surface area contributed by atoms with Gasteiger partial charge in [-0.3, -0.25) is 0 Å². The summed E-state index contributed by atoms with van der Waals surface area (Å²) in [7, 11) is 0. The van der Waals surface area contributed by atoms with Gasteiger partial charge in [-0.2, -0.15) is 0 Å². The van der Waals surface area contributed by atoms with Crippen LogP contribution in [0.3, 0.4) is 0 Å². The van der Waals surface area contributed by atoms with Gasteiger partial charge in [0, 0.05) is 0 Å². The Kier molecular flexibility index (Phi) is 5.98. The van der Waals surface area contributed by atoms with Gasteiger partial charge in [0.15, 0.2) is 0 Å². The van der Waals surface area contributed by atoms with E-state index in [4.69, 9.17) is 0 Å². The van der Waals surface area contributed by atoms with Crippen molar-refractivity contribution in [3.05, 3.63) is 182 Å². The highest BCUT2D eigenvalue weighted by molar-refractivity contribution is 6.40. The minimum atomic E-state index is 1.24. The van der Waals surface area contributed by atoms with Gasteiger partial charge >= 0.3 is 0 Å². The van der Waals surface area contributed by atoms with Crippen LogP contribution in [0, 0.1) is 0 Å². The molecule has 0 heterocycles. The topological polar surface area (TPSA) is 0 Å². The monoisotopic (exact) mass is 606 g/mol. The molecule has 0 spiro atoms. The van der Waals surface area contributed by atoms with E-state index in [0.717, 1.165) is 0 Å². The van der Waals surface area contributed by atoms with Crippen molar-refractivity contribution in [2.24, 2.45) is 0 Å². The molecule has 0 aromatic heterocycles. The first-order valence-electron chi connectivity index (χ1n) is 16.7. The van der Waals surface area contributed by atoms with E-state index >= 15 is 0 Å². The Morgan fingerprint density at radius 1 is 0.167 bits per heavy atom. The molecule has 0 nitrogen and oxygen atoms in total. The van der Waals surface area contributed by atoms with Crippen molar-refractivity contribution >= 4 is 64.6 Å². The maximum Gasteiger partial charge on any atom is -0.00197 e. The molecular weight excluding hydrogens is 577 g/mol. The van der Waals surface area contributed by atoms with Crippen molar-refractivity contribution < 1.29 is 0 Å². The fourth-order valence-electron chi connectivity index (χ4n) is 8.18. The molecule has 0 fully saturated rings. The van der Waals surface area contributed by atoms with Crippen molar-refractivity contribution in [3.8, 4) is 33.4 Å². The van der Waals surface area contributed by atoms with Gasteiger partial charge in [0.05, 0.1) is 0 Å². The number of benzene rings is 10. The molecule has 0 radical (unpaired) electrons. The Labute approximate surface area is 279 Å². The van der Waals surface area contributed by atoms with Gasteiger partial charge in [-0.15, -0.1) is 0 Å². The zero-order chi connectivity index (χ0) is 31.6. The molecule has 0 aliphatic heterocycles. The lowest BCUT2D eigenvalue weighted by atomic mass is 9.84. The Hall–Kier alpha value is -6.24. The summed E-state index contributed by atoms with van der Waals surface area (Å²) < 4.78 is 0. The normalized spacial score (nSPS) is 11.8. The molecule has 0 atom stereocenters. The predicted molar refractivity (Wildman–Crippen MR) is 208 cm³/mol. The van der Waals surface area contributed by atoms with Crippen LogP contribution in [0.5, 0.6) is 0 Å². The van der Waals surface area contributed by atoms with Crippen LogP contribution in [0.1, 0.15) is 0 Å². The maximum atomic E-state index is 2.38. The van der Waals surface area contributed by atoms with E-state index in [9.17, 15) is 0 Å². The third-order valence-corrected chi connectivity index (χ3v) is 10.2. The molecule has 0 N–H and O–H groups in total. The molecule has 0 saturated heterocycles. The second-order valence-corrected chi connectivity index (χ2v) is 12.8. The quantitative estimate of drug-likeness (QED) is 0.176. The second kappa shape index (κ2) is 10.7. The fraction of sp³-hybridized carbons (Fsp3) is 0. The predicted octanol–water partition coefficient (Wildman–Crippen LogP) is 13.6. The summed E-state index contributed by atoms with van der Waals surface area (Å²) in [5.74, 6) is 0. The van der Waals surface area contributed by atoms with E-state index in [0.29, 0.717) is 0 Å². The Morgan fingerprint density at radius 2 is 0.438 bits per heavy atom. The van der Waals surface area contributed by atoms with Gasteiger partial charge in [0.1, 0.15) is 0 Å². The lowest BCUT2D eigenvalue weighted by Crippen LogP contribution is -1.91. The Bertz CT molecular complexity index is 2500. The SMILES string of the molecule is c1ccc(-c2cccc3c2ccc2c3c3ccc4c(-c5ccccc5)cccc4c3c3ccc4c(-c5ccccc5)cccc4c23)cc1. The number of rotatable bonds is 3. The zero-order valence-electron chi connectivity index (χ0n) is 26.3. The summed E-state index contributed by atoms with van der Waals surface area (Å²) in [5.41, 5.74) is 7.51. The smallest absolute Gasteiger partial charge is 0.00197 e. The molecule has 48 heavy (non-hydrogen) atoms. The van der Waals surface area contributed by atoms with Crippen LogP contribution in [-0.2, 0) is 0 Å². The van der Waals surface area contributed by atoms with Crippen LogP contribution in [-0.4, -0.2) is 0 Å². The maximum absolute atomic E-state index is 2.38. The van der Waals surface area contributed by atoms with Gasteiger partial charge in [0.25, 0.3) is 0 Å². The molecular formula is C48H30. The number of hydrogen-bond acceptors (Lipinski definition) is 0. The molecule has 0 aliphatic rings. The van der Waals surface area contributed by atoms with Gasteiger partial charge in [-0.1, -0.05) is 182 Å². The molecule has 0 aliphatic carbocycles. The van der Waals surface area contributed by atoms with Crippen LogP contribution in [0.4, 0.5) is 0 Å². The average molecular weight is 607 g/mol. The van der Waals surface area contributed by atoms with Crippen LogP contribution in [0.2, 0.25) is 0 Å². The molecule has 0 unspecified atom stereocenters. The van der Waals surface area contributed by atoms with E-state index in [1.165, 1.54) is 98.0 Å². The van der Waals surface area contributed by atoms with Crippen molar-refractivity contribution in [1.82, 2.24) is 0 Å². The fourth-order valence-corrected chi connectivity index (χ4v) is 8.18. The van der Waals surface area contributed by atoms with E-state index < -0.39 is 0 Å². The molecule has 222 valence electrons. The third kappa shape index (κ3) is 3.96. The largest absolute Gasteiger partial charge is 0.0622 e. The van der Waals surface area contributed by atoms with Gasteiger partial charge in [0.2, 0.25) is 0 Å². The first kappa shape index (κ1) is 26.9. The van der Waals surface area contributed by atoms with Gasteiger partial charge < -0.3 is 0 Å². The van der Waals surface area contributed by atoms with E-state index in [-0.39, 0.29) is 0 Å². The highest BCUT2D eigenvalue weighted by Crippen LogP contribution is 2.47. The van der Waals surface area contributed by atoms with E-state index in [1.807, 2.05) is 0 Å². The zero-order valence-corrected chi connectivity index (χ0v) is 26.3. The lowest BCUT2D eigenvalue weighted by molar-refractivity contribution is 1.66. The van der Waals surface area contributed by atoms with Crippen LogP contribution >= 0.6 is 0 Å². The summed E-state index contributed by atoms with van der Waals surface area (Å²) in [6.45, 7) is 0. The summed E-state index contributed by atoms with van der Waals surface area (Å²) >= 11 is 0. The van der Waals surface area contributed by atoms with Crippen molar-refractivity contribution in [3.63, 3.8) is 0 Å². The standard InChI is InChI=1S/C48H30/c1-4-13-31(14-5-1)34-19-10-22-40-37(34)25-28-43-46(40)44-29-26-38-35(32-15-6-2-7-16-32)21-12-24-42(38)48(44)45-30-27-39-36(33-17-8-3-9-18-33)20-11-23-41(39)47(43)45/h1-30H. The highest BCUT2D eigenvalue weighted by Gasteiger charge is 2.19. The van der Waals surface area contributed by atoms with E-state index in [2.05, 4.69) is 182 Å². The second-order valence-electron chi connectivity index (χ2n) is 12.8. The molecule has 10 aromatic carbocycles. The molecule has 0 heteroatoms. The van der Waals surface area contributed by atoms with Gasteiger partial charge in [-0.25, -0.2) is 0 Å². The minimum absolute atomic E-state index is 1.24. The van der Waals surface area contributed by atoms with E-state index in [1.54, 1.807) is 0 Å². The third-order valence-electron chi connectivity index (χ3n) is 10.2. The highest BCUT2D eigenvalue weighted by atomic mass is 14.2. The summed E-state index contributed by atoms with van der Waals surface area (Å²) in [5, 5.41) is 15.5. The van der Waals surface area contributed by atoms with Gasteiger partial charge in [-0.05, 0) is 98.0 Å². The summed E-state index contributed by atoms with van der Waals surface area (Å²) in [4.78, 5) is 0. The first-order valence-corrected chi connectivity index (χ1v) is 16.7. The molecule has 10 aromatic rings.